The molecule has 0 spiro atoms. The molecule has 0 unspecified atom stereocenters. The zero-order chi connectivity index (χ0) is 14.7. The molecule has 1 aromatic heterocycles. The molecule has 0 N–H and O–H groups in total. The zero-order valence-electron chi connectivity index (χ0n) is 12.6. The van der Waals surface area contributed by atoms with Crippen LogP contribution in [0.2, 0.25) is 0 Å². The van der Waals surface area contributed by atoms with Crippen LogP contribution in [-0.2, 0) is 11.3 Å². The fourth-order valence-electron chi connectivity index (χ4n) is 2.91. The Balaban J connectivity index is 1.73. The van der Waals surface area contributed by atoms with Crippen molar-refractivity contribution in [3.05, 3.63) is 42.5 Å². The predicted molar refractivity (Wildman–Crippen MR) is 81.2 cm³/mol. The summed E-state index contributed by atoms with van der Waals surface area (Å²) in [7, 11) is 1.80. The van der Waals surface area contributed by atoms with Crippen molar-refractivity contribution < 1.29 is 4.74 Å². The van der Waals surface area contributed by atoms with Crippen molar-refractivity contribution in [2.75, 3.05) is 20.2 Å². The van der Waals surface area contributed by atoms with Gasteiger partial charge in [0.25, 0.3) is 0 Å². The number of rotatable bonds is 4. The first-order chi connectivity index (χ1) is 10.3. The molecule has 0 amide bonds. The summed E-state index contributed by atoms with van der Waals surface area (Å²) in [6, 6.07) is 10.1. The fourth-order valence-corrected chi connectivity index (χ4v) is 2.91. The highest BCUT2D eigenvalue weighted by Crippen LogP contribution is 2.21. The van der Waals surface area contributed by atoms with E-state index in [1.807, 2.05) is 22.9 Å². The molecule has 2 aromatic rings. The number of ether oxygens (including phenoxy) is 1. The van der Waals surface area contributed by atoms with Crippen molar-refractivity contribution in [1.29, 1.82) is 0 Å². The molecule has 2 heterocycles. The van der Waals surface area contributed by atoms with Crippen LogP contribution in [0.25, 0.3) is 5.69 Å². The molecule has 1 aliphatic rings. The number of likely N-dealkylation sites (tertiary alicyclic amines) is 1. The number of benzene rings is 1. The summed E-state index contributed by atoms with van der Waals surface area (Å²) in [5, 5.41) is 4.35. The number of aromatic nitrogens is 3. The van der Waals surface area contributed by atoms with E-state index in [9.17, 15) is 0 Å². The molecule has 2 atom stereocenters. The standard InChI is InChI=1S/C16H22N4O/c1-13-8-9-19(10-15(13)21-2)11-16-17-12-18-20(16)14-6-4-3-5-7-14/h3-7,12-13,15H,8-11H2,1-2H3/t13-,15-/m1/s1. The first-order valence-electron chi connectivity index (χ1n) is 7.47. The molecule has 112 valence electrons. The maximum absolute atomic E-state index is 5.58. The molecule has 0 saturated carbocycles. The minimum absolute atomic E-state index is 0.312. The second kappa shape index (κ2) is 6.37. The number of methoxy groups -OCH3 is 1. The highest BCUT2D eigenvalue weighted by atomic mass is 16.5. The summed E-state index contributed by atoms with van der Waals surface area (Å²) < 4.78 is 7.50. The Labute approximate surface area is 125 Å². The second-order valence-electron chi connectivity index (χ2n) is 5.70. The van der Waals surface area contributed by atoms with Gasteiger partial charge in [-0.25, -0.2) is 9.67 Å². The van der Waals surface area contributed by atoms with Crippen molar-refractivity contribution in [1.82, 2.24) is 19.7 Å². The number of hydrogen-bond donors (Lipinski definition) is 0. The molecule has 1 saturated heterocycles. The lowest BCUT2D eigenvalue weighted by Crippen LogP contribution is -2.43. The molecule has 0 radical (unpaired) electrons. The molecule has 0 bridgehead atoms. The minimum Gasteiger partial charge on any atom is -0.380 e. The van der Waals surface area contributed by atoms with E-state index in [1.165, 1.54) is 0 Å². The van der Waals surface area contributed by atoms with Crippen LogP contribution in [-0.4, -0.2) is 46.0 Å². The summed E-state index contributed by atoms with van der Waals surface area (Å²) in [4.78, 5) is 6.83. The summed E-state index contributed by atoms with van der Waals surface area (Å²) in [5.41, 5.74) is 1.05. The van der Waals surface area contributed by atoms with Gasteiger partial charge in [0.1, 0.15) is 12.2 Å². The Bertz CT molecular complexity index is 569. The average Bonchev–Trinajstić information content (AvgIpc) is 2.98. The second-order valence-corrected chi connectivity index (χ2v) is 5.70. The molecule has 1 aromatic carbocycles. The molecule has 21 heavy (non-hydrogen) atoms. The van der Waals surface area contributed by atoms with E-state index >= 15 is 0 Å². The van der Waals surface area contributed by atoms with Crippen LogP contribution < -0.4 is 0 Å². The molecule has 3 rings (SSSR count). The van der Waals surface area contributed by atoms with Gasteiger partial charge in [-0.15, -0.1) is 0 Å². The van der Waals surface area contributed by atoms with Crippen LogP contribution in [0.4, 0.5) is 0 Å². The van der Waals surface area contributed by atoms with Crippen molar-refractivity contribution >= 4 is 0 Å². The fraction of sp³-hybridized carbons (Fsp3) is 0.500. The monoisotopic (exact) mass is 286 g/mol. The van der Waals surface area contributed by atoms with Crippen LogP contribution in [0, 0.1) is 5.92 Å². The molecular formula is C16H22N4O. The Morgan fingerprint density at radius 2 is 2.10 bits per heavy atom. The Kier molecular flexibility index (Phi) is 4.31. The van der Waals surface area contributed by atoms with Gasteiger partial charge >= 0.3 is 0 Å². The Hall–Kier alpha value is -1.72. The van der Waals surface area contributed by atoms with Crippen molar-refractivity contribution in [2.24, 2.45) is 5.92 Å². The highest BCUT2D eigenvalue weighted by molar-refractivity contribution is 5.30. The van der Waals surface area contributed by atoms with Gasteiger partial charge in [-0.1, -0.05) is 25.1 Å². The van der Waals surface area contributed by atoms with Crippen LogP contribution in [0.15, 0.2) is 36.7 Å². The SMILES string of the molecule is CO[C@@H]1CN(Cc2ncnn2-c2ccccc2)CC[C@H]1C. The summed E-state index contributed by atoms with van der Waals surface area (Å²) in [6.45, 7) is 5.11. The normalized spacial score (nSPS) is 23.3. The third-order valence-electron chi connectivity index (χ3n) is 4.26. The Morgan fingerprint density at radius 3 is 2.86 bits per heavy atom. The van der Waals surface area contributed by atoms with Crippen LogP contribution in [0.5, 0.6) is 0 Å². The number of piperidine rings is 1. The first-order valence-corrected chi connectivity index (χ1v) is 7.47. The number of nitrogens with zero attached hydrogens (tertiary/aromatic N) is 4. The van der Waals surface area contributed by atoms with Crippen molar-refractivity contribution in [2.45, 2.75) is 26.0 Å². The Morgan fingerprint density at radius 1 is 1.29 bits per heavy atom. The van der Waals surface area contributed by atoms with Gasteiger partial charge in [0, 0.05) is 13.7 Å². The van der Waals surface area contributed by atoms with E-state index < -0.39 is 0 Å². The number of para-hydroxylation sites is 1. The van der Waals surface area contributed by atoms with Gasteiger partial charge in [-0.2, -0.15) is 5.10 Å². The first kappa shape index (κ1) is 14.2. The van der Waals surface area contributed by atoms with Gasteiger partial charge in [-0.05, 0) is 31.0 Å². The zero-order valence-corrected chi connectivity index (χ0v) is 12.6. The van der Waals surface area contributed by atoms with Gasteiger partial charge in [0.2, 0.25) is 0 Å². The van der Waals surface area contributed by atoms with E-state index in [4.69, 9.17) is 4.74 Å². The maximum atomic E-state index is 5.58. The van der Waals surface area contributed by atoms with E-state index in [0.717, 1.165) is 37.6 Å². The topological polar surface area (TPSA) is 43.2 Å². The molecular weight excluding hydrogens is 264 g/mol. The summed E-state index contributed by atoms with van der Waals surface area (Å²) in [6.07, 6.45) is 3.10. The molecule has 1 aliphatic heterocycles. The lowest BCUT2D eigenvalue weighted by atomic mass is 9.96. The van der Waals surface area contributed by atoms with E-state index in [-0.39, 0.29) is 0 Å². The third kappa shape index (κ3) is 3.14. The molecule has 0 aliphatic carbocycles. The highest BCUT2D eigenvalue weighted by Gasteiger charge is 2.26. The third-order valence-corrected chi connectivity index (χ3v) is 4.26. The maximum Gasteiger partial charge on any atom is 0.146 e. The van der Waals surface area contributed by atoms with Gasteiger partial charge < -0.3 is 4.74 Å². The van der Waals surface area contributed by atoms with Gasteiger partial charge in [0.05, 0.1) is 18.3 Å². The van der Waals surface area contributed by atoms with Gasteiger partial charge in [0.15, 0.2) is 0 Å². The summed E-state index contributed by atoms with van der Waals surface area (Å²) >= 11 is 0. The van der Waals surface area contributed by atoms with Crippen molar-refractivity contribution in [3.8, 4) is 5.69 Å². The lowest BCUT2D eigenvalue weighted by Gasteiger charge is -2.35. The number of hydrogen-bond acceptors (Lipinski definition) is 4. The van der Waals surface area contributed by atoms with Crippen LogP contribution in [0.1, 0.15) is 19.2 Å². The van der Waals surface area contributed by atoms with E-state index in [1.54, 1.807) is 13.4 Å². The average molecular weight is 286 g/mol. The molecule has 5 nitrogen and oxygen atoms in total. The van der Waals surface area contributed by atoms with E-state index in [0.29, 0.717) is 12.0 Å². The largest absolute Gasteiger partial charge is 0.380 e. The van der Waals surface area contributed by atoms with Crippen LogP contribution >= 0.6 is 0 Å². The smallest absolute Gasteiger partial charge is 0.146 e. The van der Waals surface area contributed by atoms with Crippen LogP contribution in [0.3, 0.4) is 0 Å². The quantitative estimate of drug-likeness (QED) is 0.863. The molecule has 1 fully saturated rings. The van der Waals surface area contributed by atoms with Gasteiger partial charge in [-0.3, -0.25) is 4.90 Å². The predicted octanol–water partition coefficient (Wildman–Crippen LogP) is 2.12. The minimum atomic E-state index is 0.312. The van der Waals surface area contributed by atoms with E-state index in [2.05, 4.69) is 34.0 Å². The lowest BCUT2D eigenvalue weighted by molar-refractivity contribution is -0.00832. The molecule has 5 heteroatoms. The van der Waals surface area contributed by atoms with Crippen molar-refractivity contribution in [3.63, 3.8) is 0 Å². The summed E-state index contributed by atoms with van der Waals surface area (Å²) in [5.74, 6) is 1.60.